The van der Waals surface area contributed by atoms with Gasteiger partial charge in [-0.2, -0.15) is 0 Å². The number of fused-ring (bicyclic) bond motifs is 1. The Kier molecular flexibility index (Phi) is 2.78. The lowest BCUT2D eigenvalue weighted by Gasteiger charge is -2.44. The Morgan fingerprint density at radius 2 is 2.22 bits per heavy atom. The molecule has 0 aromatic heterocycles. The third-order valence-electron chi connectivity index (χ3n) is 2.96. The molecule has 8 heteroatoms. The van der Waals surface area contributed by atoms with E-state index in [0.717, 1.165) is 4.90 Å². The molecule has 7 nitrogen and oxygen atoms in total. The molecule has 18 heavy (non-hydrogen) atoms. The van der Waals surface area contributed by atoms with Crippen molar-refractivity contribution in [3.05, 3.63) is 22.8 Å². The quantitative estimate of drug-likeness (QED) is 0.694. The molecular formula is C10H11NO6S. The minimum absolute atomic E-state index is 0.0747. The van der Waals surface area contributed by atoms with E-state index in [1.54, 1.807) is 0 Å². The van der Waals surface area contributed by atoms with Gasteiger partial charge >= 0.3 is 5.97 Å². The molecule has 0 aromatic rings. The second-order valence-electron chi connectivity index (χ2n) is 3.96. The largest absolute Gasteiger partial charge is 0.477 e. The summed E-state index contributed by atoms with van der Waals surface area (Å²) in [4.78, 5) is 23.1. The molecule has 0 aromatic carbocycles. The van der Waals surface area contributed by atoms with Crippen molar-refractivity contribution in [1.29, 1.82) is 0 Å². The lowest BCUT2D eigenvalue weighted by atomic mass is 10.1. The van der Waals surface area contributed by atoms with E-state index in [1.807, 2.05) is 0 Å². The topological polar surface area (TPSA) is 101 Å². The maximum atomic E-state index is 12.0. The van der Waals surface area contributed by atoms with Crippen LogP contribution in [0.5, 0.6) is 0 Å². The van der Waals surface area contributed by atoms with Crippen LogP contribution in [-0.4, -0.2) is 49.4 Å². The summed E-state index contributed by atoms with van der Waals surface area (Å²) in [6.07, 6.45) is -0.210. The van der Waals surface area contributed by atoms with Gasteiger partial charge in [0.25, 0.3) is 0 Å². The Hall–Kier alpha value is -1.67. The third-order valence-corrected chi connectivity index (χ3v) is 4.99. The number of methoxy groups -OCH3 is 1. The third kappa shape index (κ3) is 1.49. The molecule has 0 bridgehead atoms. The van der Waals surface area contributed by atoms with E-state index in [9.17, 15) is 18.0 Å². The van der Waals surface area contributed by atoms with Gasteiger partial charge in [-0.1, -0.05) is 6.58 Å². The number of amides is 1. The molecule has 0 spiro atoms. The summed E-state index contributed by atoms with van der Waals surface area (Å²) in [7, 11) is -2.46. The summed E-state index contributed by atoms with van der Waals surface area (Å²) in [6, 6.07) is 0. The van der Waals surface area contributed by atoms with Crippen molar-refractivity contribution in [2.45, 2.75) is 11.8 Å². The van der Waals surface area contributed by atoms with Gasteiger partial charge in [0, 0.05) is 12.7 Å². The van der Waals surface area contributed by atoms with E-state index >= 15 is 0 Å². The first-order valence-electron chi connectivity index (χ1n) is 5.03. The van der Waals surface area contributed by atoms with Crippen LogP contribution in [0.4, 0.5) is 0 Å². The minimum Gasteiger partial charge on any atom is -0.477 e. The number of hydrogen-bond donors (Lipinski definition) is 1. The van der Waals surface area contributed by atoms with Crippen molar-refractivity contribution in [3.63, 3.8) is 0 Å². The summed E-state index contributed by atoms with van der Waals surface area (Å²) < 4.78 is 28.8. The molecule has 1 saturated heterocycles. The van der Waals surface area contributed by atoms with Gasteiger partial charge in [0.05, 0.1) is 17.9 Å². The van der Waals surface area contributed by atoms with Crippen LogP contribution in [0, 0.1) is 0 Å². The Bertz CT molecular complexity index is 587. The zero-order valence-corrected chi connectivity index (χ0v) is 10.4. The lowest BCUT2D eigenvalue weighted by Crippen LogP contribution is -2.59. The number of ether oxygens (including phenoxy) is 1. The minimum atomic E-state index is -3.76. The Morgan fingerprint density at radius 1 is 1.61 bits per heavy atom. The van der Waals surface area contributed by atoms with Crippen molar-refractivity contribution in [1.82, 2.24) is 4.90 Å². The van der Waals surface area contributed by atoms with E-state index in [-0.39, 0.29) is 29.2 Å². The maximum Gasteiger partial charge on any atom is 0.353 e. The predicted octanol–water partition coefficient (Wildman–Crippen LogP) is -0.528. The molecule has 2 heterocycles. The van der Waals surface area contributed by atoms with Gasteiger partial charge in [-0.05, 0) is 0 Å². The molecule has 0 radical (unpaired) electrons. The average molecular weight is 273 g/mol. The van der Waals surface area contributed by atoms with Crippen LogP contribution < -0.4 is 0 Å². The summed E-state index contributed by atoms with van der Waals surface area (Å²) in [5.74, 6) is -1.89. The highest BCUT2D eigenvalue weighted by Gasteiger charge is 2.54. The number of nitrogens with zero attached hydrogens (tertiary/aromatic N) is 1. The highest BCUT2D eigenvalue weighted by Crippen LogP contribution is 2.41. The second-order valence-corrected chi connectivity index (χ2v) is 6.08. The number of aliphatic carboxylic acids is 1. The van der Waals surface area contributed by atoms with Crippen LogP contribution >= 0.6 is 0 Å². The number of β-lactam (4-membered cyclic amide) rings is 1. The number of sulfone groups is 1. The van der Waals surface area contributed by atoms with Gasteiger partial charge in [-0.15, -0.1) is 0 Å². The zero-order valence-electron chi connectivity index (χ0n) is 9.54. The molecule has 0 saturated carbocycles. The summed E-state index contributed by atoms with van der Waals surface area (Å²) in [5.41, 5.74) is -0.424. The molecule has 1 atom stereocenters. The van der Waals surface area contributed by atoms with E-state index in [2.05, 4.69) is 6.58 Å². The van der Waals surface area contributed by atoms with Crippen LogP contribution in [0.1, 0.15) is 6.42 Å². The molecule has 1 amide bonds. The molecule has 0 unspecified atom stereocenters. The van der Waals surface area contributed by atoms with Gasteiger partial charge in [0.1, 0.15) is 5.70 Å². The molecule has 0 aliphatic carbocycles. The van der Waals surface area contributed by atoms with Crippen molar-refractivity contribution in [2.75, 3.05) is 13.7 Å². The molecule has 2 aliphatic rings. The first kappa shape index (κ1) is 12.8. The number of carbonyl (C=O) groups excluding carboxylic acids is 1. The number of carboxylic acids is 1. The number of carbonyl (C=O) groups is 2. The zero-order chi connectivity index (χ0) is 13.7. The van der Waals surface area contributed by atoms with Crippen LogP contribution in [-0.2, 0) is 24.2 Å². The average Bonchev–Trinajstić information content (AvgIpc) is 2.27. The fourth-order valence-corrected chi connectivity index (χ4v) is 3.73. The SMILES string of the molecule is C=C1C(COC)=C(C(=O)O)N2C(=O)C[C@@H]2S1(=O)=O. The highest BCUT2D eigenvalue weighted by atomic mass is 32.2. The fourth-order valence-electron chi connectivity index (χ4n) is 2.04. The van der Waals surface area contributed by atoms with Crippen LogP contribution in [0.2, 0.25) is 0 Å². The van der Waals surface area contributed by atoms with E-state index in [0.29, 0.717) is 0 Å². The summed E-state index contributed by atoms with van der Waals surface area (Å²) in [6.45, 7) is 3.19. The molecule has 1 N–H and O–H groups in total. The Labute approximate surface area is 103 Å². The monoisotopic (exact) mass is 273 g/mol. The van der Waals surface area contributed by atoms with Crippen LogP contribution in [0.15, 0.2) is 22.8 Å². The van der Waals surface area contributed by atoms with Gasteiger partial charge in [0.15, 0.2) is 15.2 Å². The van der Waals surface area contributed by atoms with Crippen LogP contribution in [0.25, 0.3) is 0 Å². The number of hydrogen-bond acceptors (Lipinski definition) is 5. The standard InChI is InChI=1S/C10H11NO6S/c1-5-6(4-17-2)9(10(13)14)11-7(12)3-8(11)18(5,15)16/h8H,1,3-4H2,2H3,(H,13,14)/t8-/m0/s1. The fraction of sp³-hybridized carbons (Fsp3) is 0.400. The van der Waals surface area contributed by atoms with Crippen molar-refractivity contribution in [2.24, 2.45) is 0 Å². The molecule has 2 aliphatic heterocycles. The molecule has 98 valence electrons. The van der Waals surface area contributed by atoms with Gasteiger partial charge in [0.2, 0.25) is 5.91 Å². The number of carboxylic acid groups (broad SMARTS) is 1. The second kappa shape index (κ2) is 3.92. The van der Waals surface area contributed by atoms with Gasteiger partial charge in [-0.3, -0.25) is 9.69 Å². The highest BCUT2D eigenvalue weighted by molar-refractivity contribution is 7.96. The summed E-state index contributed by atoms with van der Waals surface area (Å²) in [5, 5.41) is 7.98. The van der Waals surface area contributed by atoms with Crippen molar-refractivity contribution >= 4 is 21.7 Å². The Morgan fingerprint density at radius 3 is 2.67 bits per heavy atom. The van der Waals surface area contributed by atoms with E-state index in [4.69, 9.17) is 9.84 Å². The first-order chi connectivity index (χ1) is 8.32. The van der Waals surface area contributed by atoms with Crippen molar-refractivity contribution < 1.29 is 27.9 Å². The lowest BCUT2D eigenvalue weighted by molar-refractivity contribution is -0.146. The van der Waals surface area contributed by atoms with Gasteiger partial charge in [-0.25, -0.2) is 13.2 Å². The molecule has 1 fully saturated rings. The first-order valence-corrected chi connectivity index (χ1v) is 6.57. The predicted molar refractivity (Wildman–Crippen MR) is 59.8 cm³/mol. The normalized spacial score (nSPS) is 25.8. The van der Waals surface area contributed by atoms with E-state index in [1.165, 1.54) is 7.11 Å². The van der Waals surface area contributed by atoms with E-state index < -0.39 is 27.1 Å². The smallest absolute Gasteiger partial charge is 0.353 e. The Balaban J connectivity index is 2.66. The van der Waals surface area contributed by atoms with Gasteiger partial charge < -0.3 is 9.84 Å². The number of rotatable bonds is 3. The summed E-state index contributed by atoms with van der Waals surface area (Å²) >= 11 is 0. The molecular weight excluding hydrogens is 262 g/mol. The van der Waals surface area contributed by atoms with Crippen LogP contribution in [0.3, 0.4) is 0 Å². The van der Waals surface area contributed by atoms with Crippen molar-refractivity contribution in [3.8, 4) is 0 Å². The maximum absolute atomic E-state index is 12.0. The molecule has 2 rings (SSSR count).